The molecule has 0 heterocycles. The highest BCUT2D eigenvalue weighted by Crippen LogP contribution is 2.45. The van der Waals surface area contributed by atoms with Crippen molar-refractivity contribution in [3.8, 4) is 0 Å². The third kappa shape index (κ3) is 74.9. The minimum atomic E-state index is -5.00. The summed E-state index contributed by atoms with van der Waals surface area (Å²) in [6.07, 6.45) is 88.0. The van der Waals surface area contributed by atoms with Gasteiger partial charge in [0.1, 0.15) is 19.3 Å². The Morgan fingerprint density at radius 2 is 0.510 bits per heavy atom. The smallest absolute Gasteiger partial charge is 0.462 e. The molecule has 0 amide bonds. The van der Waals surface area contributed by atoms with E-state index in [0.717, 1.165) is 212 Å². The van der Waals surface area contributed by atoms with E-state index in [2.05, 4.69) is 174 Å². The summed E-state index contributed by atoms with van der Waals surface area (Å²) >= 11 is 0. The minimum Gasteiger partial charge on any atom is -0.462 e. The van der Waals surface area contributed by atoms with Crippen LogP contribution in [0.3, 0.4) is 0 Å². The van der Waals surface area contributed by atoms with E-state index >= 15 is 0 Å². The predicted octanol–water partition coefficient (Wildman–Crippen LogP) is 23.2. The van der Waals surface area contributed by atoms with E-state index in [1.807, 2.05) is 12.2 Å². The van der Waals surface area contributed by atoms with Crippen LogP contribution in [-0.2, 0) is 65.4 Å². The highest BCUT2D eigenvalue weighted by molar-refractivity contribution is 7.47. The van der Waals surface area contributed by atoms with Crippen LogP contribution in [0.4, 0.5) is 0 Å². The number of carbonyl (C=O) groups is 4. The Morgan fingerprint density at radius 1 is 0.279 bits per heavy atom. The number of phosphoric acid groups is 2. The number of carbonyl (C=O) groups excluding carboxylic acids is 4. The average Bonchev–Trinajstić information content (AvgIpc) is 0.910. The van der Waals surface area contributed by atoms with Gasteiger partial charge in [0.25, 0.3) is 0 Å². The summed E-state index contributed by atoms with van der Waals surface area (Å²) in [5.41, 5.74) is 0. The molecule has 3 N–H and O–H groups in total. The summed E-state index contributed by atoms with van der Waals surface area (Å²) in [7, 11) is -9.99. The van der Waals surface area contributed by atoms with Gasteiger partial charge in [-0.2, -0.15) is 0 Å². The molecule has 0 aliphatic rings. The Labute approximate surface area is 629 Å². The number of rotatable bonds is 73. The molecule has 0 radical (unpaired) electrons. The van der Waals surface area contributed by atoms with E-state index in [1.165, 1.54) is 0 Å². The molecular weight excluding hydrogens is 1350 g/mol. The van der Waals surface area contributed by atoms with Crippen molar-refractivity contribution in [2.75, 3.05) is 39.6 Å². The molecule has 0 saturated heterocycles. The fourth-order valence-electron chi connectivity index (χ4n) is 10.0. The summed E-state index contributed by atoms with van der Waals surface area (Å²) < 4.78 is 68.5. The van der Waals surface area contributed by atoms with Crippen LogP contribution in [0.1, 0.15) is 297 Å². The van der Waals surface area contributed by atoms with Crippen molar-refractivity contribution >= 4 is 39.5 Å². The summed E-state index contributed by atoms with van der Waals surface area (Å²) in [6, 6.07) is 0. The number of allylic oxidation sites excluding steroid dienone is 26. The highest BCUT2D eigenvalue weighted by atomic mass is 31.2. The number of hydrogen-bond donors (Lipinski definition) is 3. The van der Waals surface area contributed by atoms with Crippen molar-refractivity contribution in [1.29, 1.82) is 0 Å². The monoisotopic (exact) mass is 1490 g/mol. The first-order valence-electron chi connectivity index (χ1n) is 39.7. The second-order valence-electron chi connectivity index (χ2n) is 25.9. The SMILES string of the molecule is CC/C=C\C/C=C\C/C=C\C/C=C\C/C=C\CCCC(=O)OCC(COP(=O)(O)OCC(O)COP(=O)(O)OCC(COC(=O)CCCCCCCCC/C=C\C/C=C\C/C=C\CC)OC(=O)CCCCCCC/C=C\C/C=C\CCC)OC(=O)CCCCCCCCC/C=C\C/C=C\C/C=C\CC. The van der Waals surface area contributed by atoms with Crippen molar-refractivity contribution in [2.45, 2.75) is 316 Å². The summed E-state index contributed by atoms with van der Waals surface area (Å²) in [5.74, 6) is -2.29. The van der Waals surface area contributed by atoms with Gasteiger partial charge in [-0.15, -0.1) is 0 Å². The maximum atomic E-state index is 13.1. The van der Waals surface area contributed by atoms with Crippen LogP contribution in [0, 0.1) is 0 Å². The van der Waals surface area contributed by atoms with E-state index in [9.17, 15) is 43.2 Å². The second-order valence-corrected chi connectivity index (χ2v) is 28.8. The standard InChI is InChI=1S/C85H140O17P2/c1-5-9-13-17-21-25-29-33-36-39-42-46-49-53-57-61-65-69-82(87)95-75-80(101-84(89)71-67-63-59-55-51-45-32-28-24-20-16-12-8-4)77-99-103(91,92)97-73-79(86)74-98-104(93,94)100-78-81(102-85(90)72-68-64-60-56-52-48-44-41-38-35-31-27-23-19-15-11-7-3)76-96-83(88)70-66-62-58-54-50-47-43-40-37-34-30-26-22-18-14-10-6-2/h9-11,13-16,20-23,25-28,32-38,43,47,54,58,79-81,86H,5-8,12,17-19,24,29-31,39-42,44-46,48-53,55-57,59-78H2,1-4H3,(H,91,92)(H,93,94)/b13-9-,14-10-,15-11-,20-16-,25-21-,26-22-,27-23-,32-28-,36-33-,37-34-,38-35-,47-43-,58-54-. The normalized spacial score (nSPS) is 14.7. The highest BCUT2D eigenvalue weighted by Gasteiger charge is 2.30. The van der Waals surface area contributed by atoms with Crippen LogP contribution in [-0.4, -0.2) is 96.7 Å². The van der Waals surface area contributed by atoms with Gasteiger partial charge in [-0.1, -0.05) is 276 Å². The fraction of sp³-hybridized carbons (Fsp3) is 0.647. The molecule has 592 valence electrons. The van der Waals surface area contributed by atoms with Crippen molar-refractivity contribution in [3.05, 3.63) is 158 Å². The fourth-order valence-corrected chi connectivity index (χ4v) is 11.6. The Balaban J connectivity index is 5.43. The average molecular weight is 1500 g/mol. The van der Waals surface area contributed by atoms with Crippen molar-refractivity contribution in [2.24, 2.45) is 0 Å². The molecule has 0 aromatic rings. The Kier molecular flexibility index (Phi) is 72.0. The van der Waals surface area contributed by atoms with Gasteiger partial charge in [-0.25, -0.2) is 9.13 Å². The molecule has 0 fully saturated rings. The molecule has 0 aliphatic heterocycles. The third-order valence-electron chi connectivity index (χ3n) is 15.9. The summed E-state index contributed by atoms with van der Waals surface area (Å²) in [5, 5.41) is 10.6. The van der Waals surface area contributed by atoms with Crippen molar-refractivity contribution in [1.82, 2.24) is 0 Å². The quantitative estimate of drug-likeness (QED) is 0.0169. The van der Waals surface area contributed by atoms with Crippen LogP contribution in [0.2, 0.25) is 0 Å². The van der Waals surface area contributed by atoms with Crippen LogP contribution in [0.25, 0.3) is 0 Å². The zero-order valence-electron chi connectivity index (χ0n) is 64.6. The van der Waals surface area contributed by atoms with Crippen LogP contribution >= 0.6 is 15.6 Å². The topological polar surface area (TPSA) is 237 Å². The number of aliphatic hydroxyl groups excluding tert-OH is 1. The van der Waals surface area contributed by atoms with Crippen LogP contribution in [0.15, 0.2) is 158 Å². The molecule has 0 saturated carbocycles. The van der Waals surface area contributed by atoms with E-state index in [1.54, 1.807) is 0 Å². The lowest BCUT2D eigenvalue weighted by Crippen LogP contribution is -2.30. The van der Waals surface area contributed by atoms with Gasteiger partial charge in [-0.3, -0.25) is 37.3 Å². The first kappa shape index (κ1) is 98.7. The number of hydrogen-bond acceptors (Lipinski definition) is 15. The van der Waals surface area contributed by atoms with Gasteiger partial charge < -0.3 is 33.8 Å². The largest absolute Gasteiger partial charge is 0.472 e. The number of ether oxygens (including phenoxy) is 4. The summed E-state index contributed by atoms with van der Waals surface area (Å²) in [6.45, 7) is 4.37. The molecular formula is C85H140O17P2. The number of unbranched alkanes of at least 4 members (excludes halogenated alkanes) is 21. The molecule has 104 heavy (non-hydrogen) atoms. The number of phosphoric ester groups is 2. The summed E-state index contributed by atoms with van der Waals surface area (Å²) in [4.78, 5) is 73.0. The predicted molar refractivity (Wildman–Crippen MR) is 427 cm³/mol. The van der Waals surface area contributed by atoms with Gasteiger partial charge >= 0.3 is 39.5 Å². The lowest BCUT2D eigenvalue weighted by molar-refractivity contribution is -0.161. The maximum absolute atomic E-state index is 13.1. The molecule has 0 spiro atoms. The van der Waals surface area contributed by atoms with Gasteiger partial charge in [-0.05, 0) is 154 Å². The van der Waals surface area contributed by atoms with Gasteiger partial charge in [0.05, 0.1) is 26.4 Å². The molecule has 17 nitrogen and oxygen atoms in total. The molecule has 5 atom stereocenters. The maximum Gasteiger partial charge on any atom is 0.472 e. The molecule has 5 unspecified atom stereocenters. The molecule has 0 rings (SSSR count). The van der Waals surface area contributed by atoms with Gasteiger partial charge in [0.2, 0.25) is 0 Å². The van der Waals surface area contributed by atoms with Crippen molar-refractivity contribution in [3.63, 3.8) is 0 Å². The van der Waals surface area contributed by atoms with E-state index in [-0.39, 0.29) is 25.7 Å². The Bertz CT molecular complexity index is 2590. The lowest BCUT2D eigenvalue weighted by Gasteiger charge is -2.21. The zero-order valence-corrected chi connectivity index (χ0v) is 66.4. The van der Waals surface area contributed by atoms with Gasteiger partial charge in [0.15, 0.2) is 12.2 Å². The van der Waals surface area contributed by atoms with Crippen molar-refractivity contribution < 1.29 is 80.2 Å². The molecule has 19 heteroatoms. The first-order valence-corrected chi connectivity index (χ1v) is 42.7. The molecule has 0 aliphatic carbocycles. The number of esters is 4. The number of aliphatic hydroxyl groups is 1. The van der Waals surface area contributed by atoms with Crippen LogP contribution < -0.4 is 0 Å². The Morgan fingerprint density at radius 3 is 0.808 bits per heavy atom. The zero-order chi connectivity index (χ0) is 76.0. The van der Waals surface area contributed by atoms with Crippen LogP contribution in [0.5, 0.6) is 0 Å². The third-order valence-corrected chi connectivity index (χ3v) is 17.9. The molecule has 0 aromatic carbocycles. The Hall–Kier alpha value is -5.32. The lowest BCUT2D eigenvalue weighted by atomic mass is 10.1. The van der Waals surface area contributed by atoms with Gasteiger partial charge in [0, 0.05) is 25.7 Å². The molecule has 0 aromatic heterocycles. The molecule has 0 bridgehead atoms. The minimum absolute atomic E-state index is 0.0661. The second kappa shape index (κ2) is 75.9. The first-order chi connectivity index (χ1) is 50.7. The van der Waals surface area contributed by atoms with E-state index in [0.29, 0.717) is 32.1 Å². The van der Waals surface area contributed by atoms with E-state index in [4.69, 9.17) is 37.0 Å². The van der Waals surface area contributed by atoms with E-state index < -0.39 is 97.5 Å².